The molecule has 0 radical (unpaired) electrons. The molecule has 0 aliphatic heterocycles. The van der Waals surface area contributed by atoms with Crippen molar-refractivity contribution in [3.8, 4) is 0 Å². The maximum absolute atomic E-state index is 12.3. The van der Waals surface area contributed by atoms with Crippen molar-refractivity contribution >= 4 is 32.8 Å². The molecular weight excluding hydrogens is 322 g/mol. The van der Waals surface area contributed by atoms with Crippen molar-refractivity contribution in [1.29, 1.82) is 0 Å². The molecule has 1 aromatic carbocycles. The van der Waals surface area contributed by atoms with E-state index in [9.17, 15) is 13.5 Å². The summed E-state index contributed by atoms with van der Waals surface area (Å²) in [4.78, 5) is 0. The van der Waals surface area contributed by atoms with E-state index in [0.717, 1.165) is 17.2 Å². The van der Waals surface area contributed by atoms with E-state index >= 15 is 0 Å². The summed E-state index contributed by atoms with van der Waals surface area (Å²) < 4.78 is 35.6. The average molecular weight is 341 g/mol. The molecule has 0 amide bonds. The molecule has 0 atom stereocenters. The average Bonchev–Trinajstić information content (AvgIpc) is 2.81. The van der Waals surface area contributed by atoms with Gasteiger partial charge in [-0.1, -0.05) is 12.1 Å². The highest BCUT2D eigenvalue weighted by molar-refractivity contribution is 7.88. The second-order valence-electron chi connectivity index (χ2n) is 6.44. The first-order valence-corrected chi connectivity index (χ1v) is 9.55. The van der Waals surface area contributed by atoms with Crippen molar-refractivity contribution in [2.24, 2.45) is 5.92 Å². The molecule has 3 rings (SSSR count). The Hall–Kier alpha value is -1.09. The molecule has 0 spiro atoms. The highest BCUT2D eigenvalue weighted by Gasteiger charge is 2.40. The van der Waals surface area contributed by atoms with E-state index < -0.39 is 15.6 Å². The van der Waals surface area contributed by atoms with Crippen LogP contribution in [0.5, 0.6) is 0 Å². The van der Waals surface area contributed by atoms with Crippen molar-refractivity contribution in [2.45, 2.75) is 44.1 Å². The van der Waals surface area contributed by atoms with Crippen molar-refractivity contribution in [2.75, 3.05) is 0 Å². The standard InChI is InChI=1S/C14H19N3O3S2/c1-14(2,18)10-6-11(7-10)17-22(19,20)8-9-4-3-5-12-13(9)16-21-15-12/h3-5,10-11,17-18H,6-8H2,1-2H3. The molecule has 2 aromatic rings. The van der Waals surface area contributed by atoms with Gasteiger partial charge in [0.2, 0.25) is 10.0 Å². The minimum Gasteiger partial charge on any atom is -0.390 e. The zero-order valence-electron chi connectivity index (χ0n) is 12.5. The molecule has 2 N–H and O–H groups in total. The van der Waals surface area contributed by atoms with E-state index in [1.54, 1.807) is 26.0 Å². The fraction of sp³-hybridized carbons (Fsp3) is 0.571. The quantitative estimate of drug-likeness (QED) is 0.863. The smallest absolute Gasteiger partial charge is 0.216 e. The van der Waals surface area contributed by atoms with Gasteiger partial charge in [-0.2, -0.15) is 8.75 Å². The van der Waals surface area contributed by atoms with Crippen molar-refractivity contribution in [1.82, 2.24) is 13.5 Å². The van der Waals surface area contributed by atoms with Gasteiger partial charge in [-0.15, -0.1) is 0 Å². The SMILES string of the molecule is CC(C)(O)C1CC(NS(=O)(=O)Cc2cccc3nsnc23)C1. The lowest BCUT2D eigenvalue weighted by molar-refractivity contribution is -0.0284. The van der Waals surface area contributed by atoms with Crippen LogP contribution in [0.3, 0.4) is 0 Å². The summed E-state index contributed by atoms with van der Waals surface area (Å²) in [6.45, 7) is 3.52. The number of hydrogen-bond donors (Lipinski definition) is 2. The summed E-state index contributed by atoms with van der Waals surface area (Å²) in [6.07, 6.45) is 1.34. The monoisotopic (exact) mass is 341 g/mol. The lowest BCUT2D eigenvalue weighted by atomic mass is 9.72. The van der Waals surface area contributed by atoms with Crippen LogP contribution in [-0.4, -0.2) is 33.9 Å². The molecule has 6 nitrogen and oxygen atoms in total. The molecule has 1 fully saturated rings. The lowest BCUT2D eigenvalue weighted by Crippen LogP contribution is -2.51. The van der Waals surface area contributed by atoms with Gasteiger partial charge in [-0.25, -0.2) is 13.1 Å². The highest BCUT2D eigenvalue weighted by Crippen LogP contribution is 2.36. The van der Waals surface area contributed by atoms with Gasteiger partial charge in [-0.3, -0.25) is 0 Å². The van der Waals surface area contributed by atoms with Crippen LogP contribution in [0.2, 0.25) is 0 Å². The van der Waals surface area contributed by atoms with E-state index in [4.69, 9.17) is 0 Å². The Balaban J connectivity index is 1.66. The molecule has 1 saturated carbocycles. The van der Waals surface area contributed by atoms with Crippen LogP contribution in [0.4, 0.5) is 0 Å². The van der Waals surface area contributed by atoms with Gasteiger partial charge >= 0.3 is 0 Å². The Kier molecular flexibility index (Phi) is 3.96. The zero-order valence-corrected chi connectivity index (χ0v) is 14.1. The first kappa shape index (κ1) is 15.8. The van der Waals surface area contributed by atoms with Gasteiger partial charge in [0.1, 0.15) is 11.0 Å². The maximum Gasteiger partial charge on any atom is 0.216 e. The Morgan fingerprint density at radius 2 is 2.09 bits per heavy atom. The summed E-state index contributed by atoms with van der Waals surface area (Å²) in [7, 11) is -3.43. The van der Waals surface area contributed by atoms with Gasteiger partial charge in [-0.05, 0) is 44.2 Å². The maximum atomic E-state index is 12.3. The van der Waals surface area contributed by atoms with Crippen LogP contribution >= 0.6 is 11.7 Å². The molecule has 0 bridgehead atoms. The summed E-state index contributed by atoms with van der Waals surface area (Å²) >= 11 is 1.08. The summed E-state index contributed by atoms with van der Waals surface area (Å²) in [6, 6.07) is 5.29. The molecular formula is C14H19N3O3S2. The van der Waals surface area contributed by atoms with Crippen molar-refractivity contribution in [3.05, 3.63) is 23.8 Å². The predicted octanol–water partition coefficient (Wildman–Crippen LogP) is 1.66. The fourth-order valence-corrected chi connectivity index (χ4v) is 4.76. The molecule has 120 valence electrons. The number of aliphatic hydroxyl groups is 1. The van der Waals surface area contributed by atoms with Crippen LogP contribution < -0.4 is 4.72 Å². The number of hydrogen-bond acceptors (Lipinski definition) is 6. The molecule has 22 heavy (non-hydrogen) atoms. The summed E-state index contributed by atoms with van der Waals surface area (Å²) in [5.41, 5.74) is 1.29. The van der Waals surface area contributed by atoms with Crippen LogP contribution in [0.15, 0.2) is 18.2 Å². The Morgan fingerprint density at radius 1 is 1.36 bits per heavy atom. The molecule has 0 saturated heterocycles. The lowest BCUT2D eigenvalue weighted by Gasteiger charge is -2.42. The van der Waals surface area contributed by atoms with Gasteiger partial charge in [0.25, 0.3) is 0 Å². The van der Waals surface area contributed by atoms with Gasteiger partial charge < -0.3 is 5.11 Å². The number of nitrogens with one attached hydrogen (secondary N) is 1. The molecule has 0 unspecified atom stereocenters. The third-order valence-corrected chi connectivity index (χ3v) is 6.12. The summed E-state index contributed by atoms with van der Waals surface area (Å²) in [5.74, 6) is 0.0470. The number of rotatable bonds is 5. The first-order valence-electron chi connectivity index (χ1n) is 7.17. The van der Waals surface area contributed by atoms with Crippen LogP contribution in [0.1, 0.15) is 32.3 Å². The van der Waals surface area contributed by atoms with E-state index in [2.05, 4.69) is 13.5 Å². The number of nitrogens with zero attached hydrogens (tertiary/aromatic N) is 2. The second kappa shape index (κ2) is 5.52. The normalized spacial score (nSPS) is 22.7. The third kappa shape index (κ3) is 3.29. The van der Waals surface area contributed by atoms with Gasteiger partial charge in [0.15, 0.2) is 0 Å². The summed E-state index contributed by atoms with van der Waals surface area (Å²) in [5, 5.41) is 9.89. The van der Waals surface area contributed by atoms with Crippen LogP contribution in [0, 0.1) is 5.92 Å². The number of sulfonamides is 1. The minimum absolute atomic E-state index is 0.0887. The highest BCUT2D eigenvalue weighted by atomic mass is 32.2. The molecule has 1 aliphatic carbocycles. The third-order valence-electron chi connectivity index (χ3n) is 4.20. The Morgan fingerprint density at radius 3 is 2.77 bits per heavy atom. The molecule has 1 heterocycles. The van der Waals surface area contributed by atoms with Crippen molar-refractivity contribution < 1.29 is 13.5 Å². The zero-order chi connectivity index (χ0) is 16.0. The number of benzene rings is 1. The second-order valence-corrected chi connectivity index (χ2v) is 8.73. The van der Waals surface area contributed by atoms with Gasteiger partial charge in [0, 0.05) is 6.04 Å². The molecule has 1 aromatic heterocycles. The Labute approximate surface area is 133 Å². The fourth-order valence-electron chi connectivity index (χ4n) is 2.77. The van der Waals surface area contributed by atoms with E-state index in [1.807, 2.05) is 6.07 Å². The largest absolute Gasteiger partial charge is 0.390 e. The van der Waals surface area contributed by atoms with E-state index in [1.165, 1.54) is 0 Å². The van der Waals surface area contributed by atoms with Crippen LogP contribution in [-0.2, 0) is 15.8 Å². The number of fused-ring (bicyclic) bond motifs is 1. The topological polar surface area (TPSA) is 92.2 Å². The predicted molar refractivity (Wildman–Crippen MR) is 86.0 cm³/mol. The minimum atomic E-state index is -3.43. The van der Waals surface area contributed by atoms with Crippen LogP contribution in [0.25, 0.3) is 11.0 Å². The van der Waals surface area contributed by atoms with Crippen molar-refractivity contribution in [3.63, 3.8) is 0 Å². The molecule has 1 aliphatic rings. The molecule has 8 heteroatoms. The first-order chi connectivity index (χ1) is 10.2. The number of aromatic nitrogens is 2. The van der Waals surface area contributed by atoms with Gasteiger partial charge in [0.05, 0.1) is 23.1 Å². The Bertz CT molecular complexity index is 774. The van der Waals surface area contributed by atoms with E-state index in [0.29, 0.717) is 23.9 Å². The van der Waals surface area contributed by atoms with E-state index in [-0.39, 0.29) is 17.7 Å².